The normalized spacial score (nSPS) is 8.10. The van der Waals surface area contributed by atoms with Crippen LogP contribution in [0.5, 0.6) is 0 Å². The fraction of sp³-hybridized carbons (Fsp3) is 0.125. The van der Waals surface area contributed by atoms with Crippen LogP contribution in [0.3, 0.4) is 0 Å². The molecular weight excluding hydrogens is 296 g/mol. The second-order valence-electron chi connectivity index (χ2n) is 1.83. The summed E-state index contributed by atoms with van der Waals surface area (Å²) in [5.41, 5.74) is 0.650. The van der Waals surface area contributed by atoms with Crippen molar-refractivity contribution in [2.24, 2.45) is 0 Å². The van der Waals surface area contributed by atoms with E-state index >= 15 is 0 Å². The fourth-order valence-electron chi connectivity index (χ4n) is 0.612. The van der Waals surface area contributed by atoms with Gasteiger partial charge in [-0.25, -0.2) is 0 Å². The molecule has 0 aromatic heterocycles. The minimum Gasteiger partial charge on any atom is -0.352 e. The molecular formula is C8H7OW-. The van der Waals surface area contributed by atoms with E-state index in [-0.39, 0.29) is 26.8 Å². The molecule has 0 saturated carbocycles. The van der Waals surface area contributed by atoms with E-state index in [1.165, 1.54) is 6.92 Å². The molecule has 1 nitrogen and oxygen atoms in total. The summed E-state index contributed by atoms with van der Waals surface area (Å²) in [6.07, 6.45) is 0. The number of benzene rings is 1. The van der Waals surface area contributed by atoms with Gasteiger partial charge in [-0.1, -0.05) is 0 Å². The molecule has 0 aliphatic carbocycles. The van der Waals surface area contributed by atoms with Crippen molar-refractivity contribution in [1.29, 1.82) is 0 Å². The molecule has 0 unspecified atom stereocenters. The van der Waals surface area contributed by atoms with Crippen LogP contribution in [0.15, 0.2) is 24.3 Å². The number of rotatable bonds is 1. The van der Waals surface area contributed by atoms with Crippen LogP contribution in [0, 0.1) is 6.07 Å². The van der Waals surface area contributed by atoms with Gasteiger partial charge in [-0.15, -0.1) is 35.9 Å². The Labute approximate surface area is 74.7 Å². The van der Waals surface area contributed by atoms with E-state index in [0.717, 1.165) is 0 Å². The maximum absolute atomic E-state index is 10.6. The zero-order chi connectivity index (χ0) is 6.69. The van der Waals surface area contributed by atoms with Crippen LogP contribution < -0.4 is 0 Å². The van der Waals surface area contributed by atoms with Gasteiger partial charge in [0, 0.05) is 21.1 Å². The zero-order valence-electron chi connectivity index (χ0n) is 5.63. The molecule has 0 radical (unpaired) electrons. The van der Waals surface area contributed by atoms with E-state index in [1.807, 2.05) is 12.1 Å². The number of hydrogen-bond acceptors (Lipinski definition) is 1. The first-order valence-corrected chi connectivity index (χ1v) is 2.78. The summed E-state index contributed by atoms with van der Waals surface area (Å²) >= 11 is 0. The van der Waals surface area contributed by atoms with Crippen molar-refractivity contribution in [2.75, 3.05) is 0 Å². The van der Waals surface area contributed by atoms with Crippen molar-refractivity contribution in [1.82, 2.24) is 0 Å². The molecule has 1 aromatic carbocycles. The molecule has 0 spiro atoms. The standard InChI is InChI=1S/C8H7O.W/c1-7(9)8-5-3-2-4-6-8;/h2-5H,1H3;/q-1;. The van der Waals surface area contributed by atoms with Crippen molar-refractivity contribution in [3.8, 4) is 0 Å². The van der Waals surface area contributed by atoms with Gasteiger partial charge in [-0.2, -0.15) is 0 Å². The molecule has 0 N–H and O–H groups in total. The van der Waals surface area contributed by atoms with Crippen LogP contribution in [0.1, 0.15) is 17.3 Å². The van der Waals surface area contributed by atoms with Crippen molar-refractivity contribution in [3.05, 3.63) is 35.9 Å². The molecule has 0 fully saturated rings. The van der Waals surface area contributed by atoms with Gasteiger partial charge >= 0.3 is 0 Å². The molecule has 0 aliphatic heterocycles. The van der Waals surface area contributed by atoms with E-state index in [2.05, 4.69) is 6.07 Å². The minimum atomic E-state index is 0. The van der Waals surface area contributed by atoms with E-state index in [0.29, 0.717) is 5.56 Å². The van der Waals surface area contributed by atoms with E-state index in [4.69, 9.17) is 0 Å². The molecule has 52 valence electrons. The molecule has 0 atom stereocenters. The summed E-state index contributed by atoms with van der Waals surface area (Å²) in [7, 11) is 0. The van der Waals surface area contributed by atoms with Crippen LogP contribution in [-0.2, 0) is 21.1 Å². The Kier molecular flexibility index (Phi) is 4.22. The number of carbonyl (C=O) groups excluding carboxylic acids is 1. The first-order chi connectivity index (χ1) is 4.30. The summed E-state index contributed by atoms with van der Waals surface area (Å²) in [5, 5.41) is 0. The van der Waals surface area contributed by atoms with Crippen LogP contribution in [-0.4, -0.2) is 5.78 Å². The second-order valence-corrected chi connectivity index (χ2v) is 1.83. The van der Waals surface area contributed by atoms with Gasteiger partial charge < -0.3 is 4.79 Å². The second kappa shape index (κ2) is 4.40. The SMILES string of the molecule is CC(=O)c1[c-]cccc1.[W]. The number of Topliss-reactive ketones (excluding diaryl/α,β-unsaturated/α-hetero) is 1. The molecule has 0 aliphatic rings. The van der Waals surface area contributed by atoms with Gasteiger partial charge in [-0.3, -0.25) is 0 Å². The zero-order valence-corrected chi connectivity index (χ0v) is 8.56. The van der Waals surface area contributed by atoms with Gasteiger partial charge in [0.25, 0.3) is 0 Å². The van der Waals surface area contributed by atoms with Crippen molar-refractivity contribution in [3.63, 3.8) is 0 Å². The Bertz CT molecular complexity index is 206. The third-order valence-corrected chi connectivity index (χ3v) is 1.09. The average Bonchev–Trinajstić information content (AvgIpc) is 1.90. The van der Waals surface area contributed by atoms with Crippen LogP contribution >= 0.6 is 0 Å². The van der Waals surface area contributed by atoms with Gasteiger partial charge in [0.2, 0.25) is 0 Å². The molecule has 1 rings (SSSR count). The molecule has 0 amide bonds. The van der Waals surface area contributed by atoms with Crippen LogP contribution in [0.25, 0.3) is 0 Å². The number of hydrogen-bond donors (Lipinski definition) is 0. The largest absolute Gasteiger partial charge is 0.352 e. The topological polar surface area (TPSA) is 17.1 Å². The van der Waals surface area contributed by atoms with E-state index in [9.17, 15) is 4.79 Å². The predicted molar refractivity (Wildman–Crippen MR) is 35.3 cm³/mol. The quantitative estimate of drug-likeness (QED) is 0.570. The van der Waals surface area contributed by atoms with Gasteiger partial charge in [0.05, 0.1) is 5.78 Å². The molecule has 0 bridgehead atoms. The Morgan fingerprint density at radius 3 is 2.50 bits per heavy atom. The smallest absolute Gasteiger partial charge is 0.0755 e. The number of ketones is 1. The molecule has 2 heteroatoms. The van der Waals surface area contributed by atoms with E-state index in [1.54, 1.807) is 12.1 Å². The first kappa shape index (κ1) is 9.58. The summed E-state index contributed by atoms with van der Waals surface area (Å²) in [5.74, 6) is 0.0654. The van der Waals surface area contributed by atoms with Crippen LogP contribution in [0.4, 0.5) is 0 Å². The summed E-state index contributed by atoms with van der Waals surface area (Å²) in [6.45, 7) is 1.53. The van der Waals surface area contributed by atoms with Gasteiger partial charge in [0.15, 0.2) is 0 Å². The Morgan fingerprint density at radius 2 is 2.20 bits per heavy atom. The van der Waals surface area contributed by atoms with Gasteiger partial charge in [-0.05, 0) is 6.92 Å². The predicted octanol–water partition coefficient (Wildman–Crippen LogP) is 1.69. The Balaban J connectivity index is 0.000000810. The van der Waals surface area contributed by atoms with Crippen LogP contribution in [0.2, 0.25) is 0 Å². The molecule has 10 heavy (non-hydrogen) atoms. The summed E-state index contributed by atoms with van der Waals surface area (Å²) in [4.78, 5) is 10.6. The van der Waals surface area contributed by atoms with Gasteiger partial charge in [0.1, 0.15) is 0 Å². The Morgan fingerprint density at radius 1 is 1.50 bits per heavy atom. The third-order valence-electron chi connectivity index (χ3n) is 1.09. The van der Waals surface area contributed by atoms with Crippen molar-refractivity contribution < 1.29 is 25.9 Å². The maximum Gasteiger partial charge on any atom is 0.0755 e. The summed E-state index contributed by atoms with van der Waals surface area (Å²) in [6, 6.07) is 9.97. The Hall–Kier alpha value is -0.422. The third kappa shape index (κ3) is 2.45. The maximum atomic E-state index is 10.6. The minimum absolute atomic E-state index is 0. The molecule has 0 saturated heterocycles. The summed E-state index contributed by atoms with van der Waals surface area (Å²) < 4.78 is 0. The first-order valence-electron chi connectivity index (χ1n) is 2.78. The monoisotopic (exact) mass is 303 g/mol. The molecule has 0 heterocycles. The van der Waals surface area contributed by atoms with Crippen molar-refractivity contribution >= 4 is 5.78 Å². The average molecular weight is 303 g/mol. The van der Waals surface area contributed by atoms with Crippen molar-refractivity contribution in [2.45, 2.75) is 6.92 Å². The van der Waals surface area contributed by atoms with E-state index < -0.39 is 0 Å². The fourth-order valence-corrected chi connectivity index (χ4v) is 0.612. The molecule has 1 aromatic rings. The number of carbonyl (C=O) groups is 1.